The van der Waals surface area contributed by atoms with Crippen LogP contribution in [0.4, 0.5) is 17.1 Å². The smallest absolute Gasteiger partial charge is 0.160 e. The quantitative estimate of drug-likeness (QED) is 0.145. The van der Waals surface area contributed by atoms with Gasteiger partial charge in [-0.25, -0.2) is 9.97 Å². The molecule has 0 radical (unpaired) electrons. The third-order valence-corrected chi connectivity index (χ3v) is 12.5. The van der Waals surface area contributed by atoms with E-state index in [1.807, 2.05) is 0 Å². The highest BCUT2D eigenvalue weighted by molar-refractivity contribution is 6.11. The van der Waals surface area contributed by atoms with E-state index in [4.69, 9.17) is 9.97 Å². The molecule has 4 heteroatoms. The average molecular weight is 835 g/mol. The van der Waals surface area contributed by atoms with Crippen LogP contribution in [0.1, 0.15) is 16.7 Å². The lowest BCUT2D eigenvalue weighted by Gasteiger charge is -2.25. The highest BCUT2D eigenvalue weighted by Gasteiger charge is 2.18. The van der Waals surface area contributed by atoms with Gasteiger partial charge in [0.1, 0.15) is 0 Å². The summed E-state index contributed by atoms with van der Waals surface area (Å²) < 4.78 is 2.42. The topological polar surface area (TPSA) is 34.0 Å². The molecule has 2 aromatic heterocycles. The first-order chi connectivity index (χ1) is 31.9. The van der Waals surface area contributed by atoms with Crippen LogP contribution in [0.15, 0.2) is 224 Å². The highest BCUT2D eigenvalue weighted by Crippen LogP contribution is 2.40. The van der Waals surface area contributed by atoms with Crippen molar-refractivity contribution in [2.75, 3.05) is 4.90 Å². The minimum Gasteiger partial charge on any atom is -0.310 e. The summed E-state index contributed by atoms with van der Waals surface area (Å²) in [6, 6.07) is 80.4. The van der Waals surface area contributed by atoms with Crippen molar-refractivity contribution >= 4 is 38.9 Å². The van der Waals surface area contributed by atoms with Gasteiger partial charge in [0.25, 0.3) is 0 Å². The van der Waals surface area contributed by atoms with Crippen LogP contribution >= 0.6 is 0 Å². The van der Waals surface area contributed by atoms with Crippen LogP contribution in [0, 0.1) is 20.8 Å². The Labute approximate surface area is 380 Å². The molecule has 65 heavy (non-hydrogen) atoms. The van der Waals surface area contributed by atoms with Crippen LogP contribution in [-0.4, -0.2) is 14.5 Å². The molecule has 0 amide bonds. The maximum Gasteiger partial charge on any atom is 0.160 e. The molecule has 4 nitrogen and oxygen atoms in total. The second kappa shape index (κ2) is 16.7. The molecule has 0 aliphatic rings. The summed E-state index contributed by atoms with van der Waals surface area (Å²) in [5, 5.41) is 2.45. The lowest BCUT2D eigenvalue weighted by Crippen LogP contribution is -2.09. The van der Waals surface area contributed by atoms with Crippen molar-refractivity contribution in [3.05, 3.63) is 241 Å². The van der Waals surface area contributed by atoms with Gasteiger partial charge >= 0.3 is 0 Å². The number of anilines is 3. The molecular weight excluding hydrogens is 789 g/mol. The molecule has 11 aromatic rings. The van der Waals surface area contributed by atoms with E-state index >= 15 is 0 Å². The number of nitrogens with zero attached hydrogens (tertiary/aromatic N) is 4. The van der Waals surface area contributed by atoms with Crippen LogP contribution in [0.5, 0.6) is 0 Å². The molecule has 11 rings (SSSR count). The van der Waals surface area contributed by atoms with Crippen LogP contribution in [0.25, 0.3) is 83.6 Å². The molecule has 0 atom stereocenters. The van der Waals surface area contributed by atoms with Crippen molar-refractivity contribution in [3.8, 4) is 61.8 Å². The van der Waals surface area contributed by atoms with E-state index in [9.17, 15) is 0 Å². The van der Waals surface area contributed by atoms with Crippen molar-refractivity contribution in [3.63, 3.8) is 0 Å². The van der Waals surface area contributed by atoms with E-state index in [1.54, 1.807) is 0 Å². The van der Waals surface area contributed by atoms with Gasteiger partial charge in [-0.2, -0.15) is 0 Å². The van der Waals surface area contributed by atoms with Crippen molar-refractivity contribution in [2.45, 2.75) is 20.8 Å². The van der Waals surface area contributed by atoms with Crippen molar-refractivity contribution < 1.29 is 0 Å². The number of aromatic nitrogens is 3. The molecule has 9 aromatic carbocycles. The first-order valence-electron chi connectivity index (χ1n) is 22.2. The Morgan fingerprint density at radius 3 is 1.37 bits per heavy atom. The number of hydrogen-bond acceptors (Lipinski definition) is 3. The van der Waals surface area contributed by atoms with Crippen LogP contribution < -0.4 is 4.90 Å². The summed E-state index contributed by atoms with van der Waals surface area (Å²) in [5.74, 6) is 0.722. The standard InChI is InChI=1S/C61H46N4/c1-41-18-22-47(23-19-41)56-40-57(63-61(62-56)49-24-20-42(2)21-25-49)48-32-30-45(31-33-48)44-26-28-46(29-27-44)50-34-36-58(43(3)38-50)65-59-17-11-10-16-54(59)55-39-53(35-37-60(55)65)64(51-12-6-4-7-13-51)52-14-8-5-9-15-52/h4-40H,1-3H3. The number of benzene rings is 9. The van der Waals surface area contributed by atoms with E-state index in [1.165, 1.54) is 60.9 Å². The Bertz CT molecular complexity index is 3360. The Hall–Kier alpha value is -8.34. The minimum atomic E-state index is 0.722. The summed E-state index contributed by atoms with van der Waals surface area (Å²) in [4.78, 5) is 12.4. The van der Waals surface area contributed by atoms with E-state index in [2.05, 4.69) is 255 Å². The van der Waals surface area contributed by atoms with Gasteiger partial charge < -0.3 is 9.47 Å². The number of rotatable bonds is 9. The number of aryl methyl sites for hydroxylation is 3. The Morgan fingerprint density at radius 2 is 0.800 bits per heavy atom. The van der Waals surface area contributed by atoms with Gasteiger partial charge in [0.05, 0.1) is 22.4 Å². The molecular formula is C61H46N4. The summed E-state index contributed by atoms with van der Waals surface area (Å²) in [6.45, 7) is 6.43. The van der Waals surface area contributed by atoms with Gasteiger partial charge in [-0.05, 0) is 115 Å². The molecule has 0 saturated heterocycles. The third-order valence-electron chi connectivity index (χ3n) is 12.5. The average Bonchev–Trinajstić information content (AvgIpc) is 3.68. The van der Waals surface area contributed by atoms with Gasteiger partial charge in [0.2, 0.25) is 0 Å². The molecule has 0 spiro atoms. The normalized spacial score (nSPS) is 11.3. The van der Waals surface area contributed by atoms with Crippen molar-refractivity contribution in [1.82, 2.24) is 14.5 Å². The lowest BCUT2D eigenvalue weighted by molar-refractivity contribution is 1.15. The summed E-state index contributed by atoms with van der Waals surface area (Å²) in [6.07, 6.45) is 0. The zero-order valence-corrected chi connectivity index (χ0v) is 36.7. The van der Waals surface area contributed by atoms with Gasteiger partial charge in [0.15, 0.2) is 5.82 Å². The maximum absolute atomic E-state index is 5.07. The Morgan fingerprint density at radius 1 is 0.338 bits per heavy atom. The molecule has 0 aliphatic heterocycles. The van der Waals surface area contributed by atoms with E-state index < -0.39 is 0 Å². The summed E-state index contributed by atoms with van der Waals surface area (Å²) >= 11 is 0. The van der Waals surface area contributed by atoms with Gasteiger partial charge in [-0.1, -0.05) is 169 Å². The zero-order valence-electron chi connectivity index (χ0n) is 36.7. The fourth-order valence-electron chi connectivity index (χ4n) is 9.03. The minimum absolute atomic E-state index is 0.722. The molecule has 0 N–H and O–H groups in total. The van der Waals surface area contributed by atoms with Gasteiger partial charge in [0, 0.05) is 50.2 Å². The molecule has 0 unspecified atom stereocenters. The summed E-state index contributed by atoms with van der Waals surface area (Å²) in [5.41, 5.74) is 20.2. The number of fused-ring (bicyclic) bond motifs is 3. The first-order valence-corrected chi connectivity index (χ1v) is 22.2. The molecule has 0 aliphatic carbocycles. The van der Waals surface area contributed by atoms with Crippen molar-refractivity contribution in [1.29, 1.82) is 0 Å². The third kappa shape index (κ3) is 7.66. The largest absolute Gasteiger partial charge is 0.310 e. The van der Waals surface area contributed by atoms with Crippen molar-refractivity contribution in [2.24, 2.45) is 0 Å². The fourth-order valence-corrected chi connectivity index (χ4v) is 9.03. The molecule has 0 saturated carbocycles. The van der Waals surface area contributed by atoms with Crippen LogP contribution in [0.3, 0.4) is 0 Å². The molecule has 0 fully saturated rings. The predicted molar refractivity (Wildman–Crippen MR) is 272 cm³/mol. The second-order valence-electron chi connectivity index (χ2n) is 16.9. The highest BCUT2D eigenvalue weighted by atomic mass is 15.1. The Balaban J connectivity index is 0.884. The molecule has 0 bridgehead atoms. The van der Waals surface area contributed by atoms with Crippen LogP contribution in [-0.2, 0) is 0 Å². The zero-order chi connectivity index (χ0) is 43.9. The maximum atomic E-state index is 5.07. The molecule has 2 heterocycles. The van der Waals surface area contributed by atoms with Gasteiger partial charge in [-0.3, -0.25) is 0 Å². The van der Waals surface area contributed by atoms with Gasteiger partial charge in [-0.15, -0.1) is 0 Å². The van der Waals surface area contributed by atoms with E-state index in [-0.39, 0.29) is 0 Å². The fraction of sp³-hybridized carbons (Fsp3) is 0.0492. The monoisotopic (exact) mass is 834 g/mol. The SMILES string of the molecule is Cc1ccc(-c2cc(-c3ccc(-c4ccc(-c5ccc(-n6c7ccccc7c7cc(N(c8ccccc8)c8ccccc8)ccc76)c(C)c5)cc4)cc3)nc(-c3ccc(C)cc3)n2)cc1. The van der Waals surface area contributed by atoms with Crippen LogP contribution in [0.2, 0.25) is 0 Å². The number of hydrogen-bond donors (Lipinski definition) is 0. The predicted octanol–water partition coefficient (Wildman–Crippen LogP) is 16.3. The molecule has 310 valence electrons. The second-order valence-corrected chi connectivity index (χ2v) is 16.9. The lowest BCUT2D eigenvalue weighted by atomic mass is 9.97. The first kappa shape index (κ1) is 39.5. The summed E-state index contributed by atoms with van der Waals surface area (Å²) in [7, 11) is 0. The number of para-hydroxylation sites is 3. The van der Waals surface area contributed by atoms with E-state index in [0.717, 1.165) is 56.5 Å². The van der Waals surface area contributed by atoms with E-state index in [0.29, 0.717) is 0 Å². The Kier molecular flexibility index (Phi) is 10.2.